The summed E-state index contributed by atoms with van der Waals surface area (Å²) in [6, 6.07) is 5.55. The molecule has 0 aliphatic heterocycles. The Hall–Kier alpha value is -0.930. The molecule has 4 heteroatoms. The first-order chi connectivity index (χ1) is 7.15. The lowest BCUT2D eigenvalue weighted by Gasteiger charge is -2.21. The smallest absolute Gasteiger partial charge is 0.0612 e. The van der Waals surface area contributed by atoms with Crippen LogP contribution in [0.3, 0.4) is 0 Å². The van der Waals surface area contributed by atoms with Crippen molar-refractivity contribution in [3.8, 4) is 0 Å². The van der Waals surface area contributed by atoms with Crippen LogP contribution in [0.5, 0.6) is 0 Å². The van der Waals surface area contributed by atoms with Crippen molar-refractivity contribution in [2.24, 2.45) is 0 Å². The SMILES string of the molecule is CNCCCN(C)c1cc(Cl)ccc1N. The quantitative estimate of drug-likeness (QED) is 0.597. The van der Waals surface area contributed by atoms with E-state index in [4.69, 9.17) is 17.3 Å². The number of benzene rings is 1. The van der Waals surface area contributed by atoms with E-state index >= 15 is 0 Å². The number of nitrogen functional groups attached to an aromatic ring is 1. The molecule has 0 saturated carbocycles. The molecule has 1 rings (SSSR count). The van der Waals surface area contributed by atoms with Crippen LogP contribution in [0.1, 0.15) is 6.42 Å². The third-order valence-electron chi connectivity index (χ3n) is 2.32. The molecule has 0 spiro atoms. The summed E-state index contributed by atoms with van der Waals surface area (Å²) < 4.78 is 0. The Labute approximate surface area is 96.2 Å². The van der Waals surface area contributed by atoms with Gasteiger partial charge in [-0.1, -0.05) is 11.6 Å². The number of anilines is 2. The third kappa shape index (κ3) is 3.61. The molecule has 15 heavy (non-hydrogen) atoms. The molecule has 0 aliphatic rings. The van der Waals surface area contributed by atoms with E-state index in [1.165, 1.54) is 0 Å². The van der Waals surface area contributed by atoms with Crippen LogP contribution in [0.4, 0.5) is 11.4 Å². The Morgan fingerprint density at radius 3 is 2.87 bits per heavy atom. The Kier molecular flexibility index (Phi) is 4.72. The van der Waals surface area contributed by atoms with Crippen molar-refractivity contribution in [1.82, 2.24) is 5.32 Å². The summed E-state index contributed by atoms with van der Waals surface area (Å²) in [4.78, 5) is 2.12. The number of rotatable bonds is 5. The summed E-state index contributed by atoms with van der Waals surface area (Å²) in [7, 11) is 3.98. The van der Waals surface area contributed by atoms with Crippen molar-refractivity contribution >= 4 is 23.0 Å². The summed E-state index contributed by atoms with van der Waals surface area (Å²) >= 11 is 5.93. The molecule has 3 N–H and O–H groups in total. The average Bonchev–Trinajstić information content (AvgIpc) is 2.22. The van der Waals surface area contributed by atoms with Gasteiger partial charge in [0.25, 0.3) is 0 Å². The molecule has 1 aromatic rings. The fraction of sp³-hybridized carbons (Fsp3) is 0.455. The van der Waals surface area contributed by atoms with E-state index in [0.717, 1.165) is 35.9 Å². The van der Waals surface area contributed by atoms with Gasteiger partial charge in [0.05, 0.1) is 11.4 Å². The zero-order valence-corrected chi connectivity index (χ0v) is 10.0. The molecular weight excluding hydrogens is 210 g/mol. The minimum atomic E-state index is 0.722. The Bertz CT molecular complexity index is 315. The predicted octanol–water partition coefficient (Wildman–Crippen LogP) is 1.97. The second-order valence-corrected chi connectivity index (χ2v) is 4.02. The summed E-state index contributed by atoms with van der Waals surface area (Å²) in [6.45, 7) is 1.97. The molecule has 0 saturated heterocycles. The summed E-state index contributed by atoms with van der Waals surface area (Å²) in [5, 5.41) is 3.84. The first-order valence-electron chi connectivity index (χ1n) is 5.06. The van der Waals surface area contributed by atoms with Crippen molar-refractivity contribution in [3.05, 3.63) is 23.2 Å². The number of hydrogen-bond donors (Lipinski definition) is 2. The number of halogens is 1. The standard InChI is InChI=1S/C11H18ClN3/c1-14-6-3-7-15(2)11-8-9(12)4-5-10(11)13/h4-5,8,14H,3,6-7,13H2,1-2H3. The average molecular weight is 228 g/mol. The lowest BCUT2D eigenvalue weighted by molar-refractivity contribution is 0.713. The van der Waals surface area contributed by atoms with E-state index in [0.29, 0.717) is 0 Å². The van der Waals surface area contributed by atoms with E-state index in [2.05, 4.69) is 10.2 Å². The molecular formula is C11H18ClN3. The maximum Gasteiger partial charge on any atom is 0.0612 e. The van der Waals surface area contributed by atoms with Crippen molar-refractivity contribution in [2.75, 3.05) is 37.8 Å². The molecule has 0 atom stereocenters. The molecule has 0 heterocycles. The van der Waals surface area contributed by atoms with Gasteiger partial charge < -0.3 is 16.0 Å². The van der Waals surface area contributed by atoms with Crippen LogP contribution in [0.15, 0.2) is 18.2 Å². The normalized spacial score (nSPS) is 10.3. The maximum absolute atomic E-state index is 5.93. The van der Waals surface area contributed by atoms with Gasteiger partial charge >= 0.3 is 0 Å². The van der Waals surface area contributed by atoms with Gasteiger partial charge in [-0.25, -0.2) is 0 Å². The topological polar surface area (TPSA) is 41.3 Å². The minimum Gasteiger partial charge on any atom is -0.397 e. The van der Waals surface area contributed by atoms with E-state index in [9.17, 15) is 0 Å². The summed E-state index contributed by atoms with van der Waals surface area (Å²) in [6.07, 6.45) is 1.08. The molecule has 0 unspecified atom stereocenters. The number of nitrogens with one attached hydrogen (secondary N) is 1. The largest absolute Gasteiger partial charge is 0.397 e. The zero-order valence-electron chi connectivity index (χ0n) is 9.26. The number of nitrogens with zero attached hydrogens (tertiary/aromatic N) is 1. The molecule has 1 aromatic carbocycles. The van der Waals surface area contributed by atoms with Crippen LogP contribution in [-0.2, 0) is 0 Å². The summed E-state index contributed by atoms with van der Waals surface area (Å²) in [5.74, 6) is 0. The fourth-order valence-corrected chi connectivity index (χ4v) is 1.63. The fourth-order valence-electron chi connectivity index (χ4n) is 1.46. The predicted molar refractivity (Wildman–Crippen MR) is 67.7 cm³/mol. The van der Waals surface area contributed by atoms with Gasteiger partial charge in [0, 0.05) is 18.6 Å². The van der Waals surface area contributed by atoms with Crippen molar-refractivity contribution < 1.29 is 0 Å². The lowest BCUT2D eigenvalue weighted by Crippen LogP contribution is -2.23. The van der Waals surface area contributed by atoms with Crippen LogP contribution in [-0.4, -0.2) is 27.2 Å². The molecule has 0 aliphatic carbocycles. The minimum absolute atomic E-state index is 0.722. The monoisotopic (exact) mass is 227 g/mol. The molecule has 0 aromatic heterocycles. The van der Waals surface area contributed by atoms with E-state index in [1.54, 1.807) is 0 Å². The van der Waals surface area contributed by atoms with Gasteiger partial charge in [-0.15, -0.1) is 0 Å². The van der Waals surface area contributed by atoms with Crippen molar-refractivity contribution in [3.63, 3.8) is 0 Å². The van der Waals surface area contributed by atoms with Crippen molar-refractivity contribution in [2.45, 2.75) is 6.42 Å². The van der Waals surface area contributed by atoms with Gasteiger partial charge in [0.2, 0.25) is 0 Å². The summed E-state index contributed by atoms with van der Waals surface area (Å²) in [5.41, 5.74) is 7.65. The first kappa shape index (κ1) is 12.1. The second-order valence-electron chi connectivity index (χ2n) is 3.58. The number of nitrogens with two attached hydrogens (primary N) is 1. The van der Waals surface area contributed by atoms with E-state index in [1.807, 2.05) is 32.3 Å². The van der Waals surface area contributed by atoms with Gasteiger partial charge in [-0.05, 0) is 38.2 Å². The molecule has 3 nitrogen and oxygen atoms in total. The Morgan fingerprint density at radius 1 is 1.47 bits per heavy atom. The first-order valence-corrected chi connectivity index (χ1v) is 5.43. The lowest BCUT2D eigenvalue weighted by atomic mass is 10.2. The Morgan fingerprint density at radius 2 is 2.20 bits per heavy atom. The molecule has 0 amide bonds. The molecule has 0 radical (unpaired) electrons. The van der Waals surface area contributed by atoms with Crippen LogP contribution in [0.2, 0.25) is 5.02 Å². The van der Waals surface area contributed by atoms with Gasteiger partial charge in [-0.2, -0.15) is 0 Å². The van der Waals surface area contributed by atoms with Gasteiger partial charge in [0.1, 0.15) is 0 Å². The highest BCUT2D eigenvalue weighted by atomic mass is 35.5. The zero-order chi connectivity index (χ0) is 11.3. The highest BCUT2D eigenvalue weighted by Gasteiger charge is 2.05. The van der Waals surface area contributed by atoms with Crippen molar-refractivity contribution in [1.29, 1.82) is 0 Å². The maximum atomic E-state index is 5.93. The number of hydrogen-bond acceptors (Lipinski definition) is 3. The van der Waals surface area contributed by atoms with E-state index in [-0.39, 0.29) is 0 Å². The molecule has 84 valence electrons. The van der Waals surface area contributed by atoms with E-state index < -0.39 is 0 Å². The highest BCUT2D eigenvalue weighted by molar-refractivity contribution is 6.31. The highest BCUT2D eigenvalue weighted by Crippen LogP contribution is 2.25. The van der Waals surface area contributed by atoms with Crippen LogP contribution in [0.25, 0.3) is 0 Å². The van der Waals surface area contributed by atoms with Crippen LogP contribution >= 0.6 is 11.6 Å². The van der Waals surface area contributed by atoms with Gasteiger partial charge in [-0.3, -0.25) is 0 Å². The van der Waals surface area contributed by atoms with Crippen LogP contribution in [0, 0.1) is 0 Å². The second kappa shape index (κ2) is 5.83. The molecule has 0 fully saturated rings. The third-order valence-corrected chi connectivity index (χ3v) is 2.56. The molecule has 0 bridgehead atoms. The Balaban J connectivity index is 2.64. The van der Waals surface area contributed by atoms with Crippen LogP contribution < -0.4 is 16.0 Å². The van der Waals surface area contributed by atoms with Gasteiger partial charge in [0.15, 0.2) is 0 Å².